The van der Waals surface area contributed by atoms with Crippen LogP contribution in [0.3, 0.4) is 0 Å². The van der Waals surface area contributed by atoms with Crippen LogP contribution in [0.2, 0.25) is 5.02 Å². The third-order valence-corrected chi connectivity index (χ3v) is 3.65. The summed E-state index contributed by atoms with van der Waals surface area (Å²) in [5, 5.41) is 7.16. The van der Waals surface area contributed by atoms with Crippen LogP contribution in [0.25, 0.3) is 0 Å². The van der Waals surface area contributed by atoms with E-state index in [0.29, 0.717) is 30.0 Å². The van der Waals surface area contributed by atoms with Crippen molar-refractivity contribution in [2.75, 3.05) is 20.7 Å². The molecule has 1 heterocycles. The Bertz CT molecular complexity index is 674. The first-order valence-corrected chi connectivity index (χ1v) is 8.34. The maximum absolute atomic E-state index is 5.87. The lowest BCUT2D eigenvalue weighted by atomic mass is 10.3. The van der Waals surface area contributed by atoms with E-state index in [2.05, 4.69) is 20.6 Å². The fourth-order valence-corrected chi connectivity index (χ4v) is 2.20. The van der Waals surface area contributed by atoms with E-state index in [0.717, 1.165) is 11.3 Å². The number of nitrogens with one attached hydrogen (secondary N) is 2. The molecule has 7 heteroatoms. The molecule has 1 aromatic carbocycles. The standard InChI is InChI=1S/C18H23ClN4O2/c1-13(25-16-7-5-15(19)6-8-16)10-22-18(20-2)23-12-14-4-9-17(24-3)21-11-14/h4-9,11,13H,10,12H2,1-3H3,(H2,20,22,23). The number of aliphatic imine (C=N–C) groups is 1. The summed E-state index contributed by atoms with van der Waals surface area (Å²) < 4.78 is 10.9. The molecule has 0 aliphatic carbocycles. The molecule has 0 amide bonds. The largest absolute Gasteiger partial charge is 0.489 e. The van der Waals surface area contributed by atoms with Crippen molar-refractivity contribution in [3.63, 3.8) is 0 Å². The number of hydrogen-bond acceptors (Lipinski definition) is 4. The van der Waals surface area contributed by atoms with Crippen LogP contribution in [0.4, 0.5) is 0 Å². The highest BCUT2D eigenvalue weighted by Crippen LogP contribution is 2.16. The van der Waals surface area contributed by atoms with Crippen molar-refractivity contribution in [2.24, 2.45) is 4.99 Å². The Morgan fingerprint density at radius 1 is 1.20 bits per heavy atom. The highest BCUT2D eigenvalue weighted by Gasteiger charge is 2.06. The van der Waals surface area contributed by atoms with Gasteiger partial charge in [0.1, 0.15) is 11.9 Å². The molecule has 2 aromatic rings. The molecule has 0 fully saturated rings. The molecule has 6 nitrogen and oxygen atoms in total. The number of methoxy groups -OCH3 is 1. The Morgan fingerprint density at radius 2 is 1.96 bits per heavy atom. The predicted molar refractivity (Wildman–Crippen MR) is 101 cm³/mol. The van der Waals surface area contributed by atoms with Gasteiger partial charge in [-0.2, -0.15) is 0 Å². The van der Waals surface area contributed by atoms with E-state index >= 15 is 0 Å². The van der Waals surface area contributed by atoms with Crippen LogP contribution in [-0.2, 0) is 6.54 Å². The van der Waals surface area contributed by atoms with E-state index in [-0.39, 0.29) is 6.10 Å². The van der Waals surface area contributed by atoms with Crippen molar-refractivity contribution in [1.82, 2.24) is 15.6 Å². The first kappa shape index (κ1) is 18.9. The molecule has 2 N–H and O–H groups in total. The van der Waals surface area contributed by atoms with E-state index in [1.807, 2.05) is 31.2 Å². The van der Waals surface area contributed by atoms with Crippen molar-refractivity contribution in [1.29, 1.82) is 0 Å². The fourth-order valence-electron chi connectivity index (χ4n) is 2.07. The monoisotopic (exact) mass is 362 g/mol. The number of benzene rings is 1. The average molecular weight is 363 g/mol. The summed E-state index contributed by atoms with van der Waals surface area (Å²) in [5.74, 6) is 2.08. The lowest BCUT2D eigenvalue weighted by Gasteiger charge is -2.18. The number of hydrogen-bond donors (Lipinski definition) is 2. The molecule has 0 aliphatic heterocycles. The van der Waals surface area contributed by atoms with Gasteiger partial charge >= 0.3 is 0 Å². The topological polar surface area (TPSA) is 67.8 Å². The summed E-state index contributed by atoms with van der Waals surface area (Å²) in [6, 6.07) is 11.1. The minimum absolute atomic E-state index is 0.0256. The Kier molecular flexibility index (Phi) is 7.35. The molecule has 1 atom stereocenters. The maximum Gasteiger partial charge on any atom is 0.212 e. The van der Waals surface area contributed by atoms with Gasteiger partial charge in [-0.25, -0.2) is 4.98 Å². The van der Waals surface area contributed by atoms with Crippen LogP contribution >= 0.6 is 11.6 Å². The van der Waals surface area contributed by atoms with Gasteiger partial charge in [-0.15, -0.1) is 0 Å². The van der Waals surface area contributed by atoms with Gasteiger partial charge in [0.25, 0.3) is 0 Å². The summed E-state index contributed by atoms with van der Waals surface area (Å²) >= 11 is 5.87. The smallest absolute Gasteiger partial charge is 0.212 e. The molecule has 1 unspecified atom stereocenters. The molecule has 25 heavy (non-hydrogen) atoms. The molecule has 0 spiro atoms. The van der Waals surface area contributed by atoms with E-state index in [1.54, 1.807) is 32.5 Å². The second-order valence-corrected chi connectivity index (χ2v) is 5.83. The Balaban J connectivity index is 1.76. The molecule has 0 bridgehead atoms. The zero-order chi connectivity index (χ0) is 18.1. The maximum atomic E-state index is 5.87. The summed E-state index contributed by atoms with van der Waals surface area (Å²) in [6.07, 6.45) is 1.74. The van der Waals surface area contributed by atoms with Crippen LogP contribution in [0.1, 0.15) is 12.5 Å². The Hall–Kier alpha value is -2.47. The minimum Gasteiger partial charge on any atom is -0.489 e. The van der Waals surface area contributed by atoms with Crippen molar-refractivity contribution < 1.29 is 9.47 Å². The molecule has 1 aromatic heterocycles. The molecule has 2 rings (SSSR count). The Labute approximate surface area is 153 Å². The molecule has 134 valence electrons. The zero-order valence-corrected chi connectivity index (χ0v) is 15.4. The summed E-state index contributed by atoms with van der Waals surface area (Å²) in [5.41, 5.74) is 1.04. The van der Waals surface area contributed by atoms with Crippen LogP contribution in [0, 0.1) is 0 Å². The lowest BCUT2D eigenvalue weighted by molar-refractivity contribution is 0.224. The van der Waals surface area contributed by atoms with Gasteiger partial charge in [0, 0.05) is 30.9 Å². The Morgan fingerprint density at radius 3 is 2.56 bits per heavy atom. The number of rotatable bonds is 7. The van der Waals surface area contributed by atoms with Gasteiger partial charge in [0.15, 0.2) is 5.96 Å². The number of ether oxygens (including phenoxy) is 2. The zero-order valence-electron chi connectivity index (χ0n) is 14.6. The van der Waals surface area contributed by atoms with Crippen LogP contribution in [0.5, 0.6) is 11.6 Å². The SMILES string of the molecule is CN=C(NCc1ccc(OC)nc1)NCC(C)Oc1ccc(Cl)cc1. The number of halogens is 1. The summed E-state index contributed by atoms with van der Waals surface area (Å²) in [7, 11) is 3.33. The fraction of sp³-hybridized carbons (Fsp3) is 0.333. The average Bonchev–Trinajstić information content (AvgIpc) is 2.64. The van der Waals surface area contributed by atoms with Gasteiger partial charge in [-0.3, -0.25) is 4.99 Å². The number of nitrogens with zero attached hydrogens (tertiary/aromatic N) is 2. The number of pyridine rings is 1. The normalized spacial score (nSPS) is 12.4. The third kappa shape index (κ3) is 6.51. The minimum atomic E-state index is -0.0256. The lowest BCUT2D eigenvalue weighted by Crippen LogP contribution is -2.41. The highest BCUT2D eigenvalue weighted by atomic mass is 35.5. The second kappa shape index (κ2) is 9.74. The molecule has 0 aliphatic rings. The van der Waals surface area contributed by atoms with Gasteiger partial charge < -0.3 is 20.1 Å². The number of guanidine groups is 1. The van der Waals surface area contributed by atoms with Crippen LogP contribution < -0.4 is 20.1 Å². The van der Waals surface area contributed by atoms with Gasteiger partial charge in [-0.1, -0.05) is 17.7 Å². The van der Waals surface area contributed by atoms with Crippen molar-refractivity contribution in [3.05, 3.63) is 53.2 Å². The summed E-state index contributed by atoms with van der Waals surface area (Å²) in [4.78, 5) is 8.38. The molecule has 0 saturated heterocycles. The molecule has 0 radical (unpaired) electrons. The van der Waals surface area contributed by atoms with E-state index < -0.39 is 0 Å². The first-order chi connectivity index (χ1) is 12.1. The number of aromatic nitrogens is 1. The molecular formula is C18H23ClN4O2. The van der Waals surface area contributed by atoms with Crippen LogP contribution in [-0.4, -0.2) is 37.7 Å². The quantitative estimate of drug-likeness (QED) is 0.585. The van der Waals surface area contributed by atoms with E-state index in [9.17, 15) is 0 Å². The van der Waals surface area contributed by atoms with Crippen LogP contribution in [0.15, 0.2) is 47.6 Å². The molecule has 0 saturated carbocycles. The van der Waals surface area contributed by atoms with E-state index in [1.165, 1.54) is 0 Å². The van der Waals surface area contributed by atoms with Crippen molar-refractivity contribution >= 4 is 17.6 Å². The van der Waals surface area contributed by atoms with E-state index in [4.69, 9.17) is 21.1 Å². The van der Waals surface area contributed by atoms with Crippen molar-refractivity contribution in [3.8, 4) is 11.6 Å². The third-order valence-electron chi connectivity index (χ3n) is 3.40. The predicted octanol–water partition coefficient (Wildman–Crippen LogP) is 2.88. The highest BCUT2D eigenvalue weighted by molar-refractivity contribution is 6.30. The van der Waals surface area contributed by atoms with Crippen molar-refractivity contribution in [2.45, 2.75) is 19.6 Å². The second-order valence-electron chi connectivity index (χ2n) is 5.40. The summed E-state index contributed by atoms with van der Waals surface area (Å²) in [6.45, 7) is 3.22. The van der Waals surface area contributed by atoms with Gasteiger partial charge in [0.05, 0.1) is 13.7 Å². The van der Waals surface area contributed by atoms with Gasteiger partial charge in [-0.05, 0) is 36.8 Å². The molecular weight excluding hydrogens is 340 g/mol. The van der Waals surface area contributed by atoms with Gasteiger partial charge in [0.2, 0.25) is 5.88 Å². The first-order valence-electron chi connectivity index (χ1n) is 7.96.